The molecule has 2 rings (SSSR count). The van der Waals surface area contributed by atoms with Crippen molar-refractivity contribution < 1.29 is 4.39 Å². The molecule has 1 unspecified atom stereocenters. The first-order chi connectivity index (χ1) is 8.29. The molecule has 3 nitrogen and oxygen atoms in total. The van der Waals surface area contributed by atoms with Crippen LogP contribution in [0.4, 0.5) is 4.39 Å². The topological polar surface area (TPSA) is 50.9 Å². The van der Waals surface area contributed by atoms with Crippen LogP contribution in [0.25, 0.3) is 0 Å². The lowest BCUT2D eigenvalue weighted by molar-refractivity contribution is 0.509. The van der Waals surface area contributed by atoms with Crippen LogP contribution >= 0.6 is 11.3 Å². The Labute approximate surface area is 103 Å². The highest BCUT2D eigenvalue weighted by Crippen LogP contribution is 2.14. The SMILES string of the molecule is NNC(Cc1cncs1)Cc1ccccc1F. The van der Waals surface area contributed by atoms with Crippen molar-refractivity contribution in [1.29, 1.82) is 0 Å². The van der Waals surface area contributed by atoms with Crippen LogP contribution in [0.5, 0.6) is 0 Å². The van der Waals surface area contributed by atoms with Gasteiger partial charge < -0.3 is 0 Å². The van der Waals surface area contributed by atoms with Gasteiger partial charge in [-0.1, -0.05) is 18.2 Å². The lowest BCUT2D eigenvalue weighted by atomic mass is 10.0. The third kappa shape index (κ3) is 3.33. The zero-order chi connectivity index (χ0) is 12.1. The summed E-state index contributed by atoms with van der Waals surface area (Å²) in [5.41, 5.74) is 5.19. The third-order valence-electron chi connectivity index (χ3n) is 2.59. The lowest BCUT2D eigenvalue weighted by Gasteiger charge is -2.15. The van der Waals surface area contributed by atoms with Gasteiger partial charge in [0.2, 0.25) is 0 Å². The first-order valence-electron chi connectivity index (χ1n) is 5.36. The molecular formula is C12H14FN3S. The second-order valence-corrected chi connectivity index (χ2v) is 4.80. The molecule has 0 amide bonds. The van der Waals surface area contributed by atoms with Gasteiger partial charge in [0.05, 0.1) is 5.51 Å². The minimum absolute atomic E-state index is 0.0207. The zero-order valence-electron chi connectivity index (χ0n) is 9.27. The molecule has 0 aliphatic rings. The number of hydrazine groups is 1. The van der Waals surface area contributed by atoms with Crippen LogP contribution in [0, 0.1) is 5.82 Å². The summed E-state index contributed by atoms with van der Waals surface area (Å²) in [5, 5.41) is 0. The maximum Gasteiger partial charge on any atom is 0.126 e. The highest BCUT2D eigenvalue weighted by molar-refractivity contribution is 7.09. The monoisotopic (exact) mass is 251 g/mol. The summed E-state index contributed by atoms with van der Waals surface area (Å²) in [7, 11) is 0. The second kappa shape index (κ2) is 5.86. The molecular weight excluding hydrogens is 237 g/mol. The number of hydrogen-bond acceptors (Lipinski definition) is 4. The second-order valence-electron chi connectivity index (χ2n) is 3.83. The van der Waals surface area contributed by atoms with E-state index in [4.69, 9.17) is 5.84 Å². The van der Waals surface area contributed by atoms with Crippen molar-refractivity contribution in [2.24, 2.45) is 5.84 Å². The number of aromatic nitrogens is 1. The molecule has 1 aromatic carbocycles. The number of nitrogens with two attached hydrogens (primary N) is 1. The average molecular weight is 251 g/mol. The van der Waals surface area contributed by atoms with E-state index >= 15 is 0 Å². The lowest BCUT2D eigenvalue weighted by Crippen LogP contribution is -2.38. The van der Waals surface area contributed by atoms with Crippen LogP contribution in [0.15, 0.2) is 36.0 Å². The van der Waals surface area contributed by atoms with E-state index < -0.39 is 0 Å². The molecule has 17 heavy (non-hydrogen) atoms. The highest BCUT2D eigenvalue weighted by atomic mass is 32.1. The van der Waals surface area contributed by atoms with Crippen LogP contribution in [0.3, 0.4) is 0 Å². The first kappa shape index (κ1) is 12.2. The molecule has 0 bridgehead atoms. The molecule has 0 radical (unpaired) electrons. The molecule has 0 saturated heterocycles. The van der Waals surface area contributed by atoms with E-state index in [9.17, 15) is 4.39 Å². The van der Waals surface area contributed by atoms with Crippen LogP contribution in [-0.2, 0) is 12.8 Å². The highest BCUT2D eigenvalue weighted by Gasteiger charge is 2.12. The van der Waals surface area contributed by atoms with Gasteiger partial charge in [0.25, 0.3) is 0 Å². The Bertz CT molecular complexity index is 459. The van der Waals surface area contributed by atoms with E-state index in [1.54, 1.807) is 29.0 Å². The summed E-state index contributed by atoms with van der Waals surface area (Å²) in [6.45, 7) is 0. The van der Waals surface area contributed by atoms with Gasteiger partial charge in [0.15, 0.2) is 0 Å². The Morgan fingerprint density at radius 1 is 1.35 bits per heavy atom. The van der Waals surface area contributed by atoms with Crippen LogP contribution in [-0.4, -0.2) is 11.0 Å². The summed E-state index contributed by atoms with van der Waals surface area (Å²) >= 11 is 1.58. The fraction of sp³-hybridized carbons (Fsp3) is 0.250. The number of hydrogen-bond donors (Lipinski definition) is 2. The third-order valence-corrected chi connectivity index (χ3v) is 3.39. The molecule has 90 valence electrons. The van der Waals surface area contributed by atoms with Crippen molar-refractivity contribution in [1.82, 2.24) is 10.4 Å². The number of thiazole rings is 1. The van der Waals surface area contributed by atoms with Crippen molar-refractivity contribution in [3.63, 3.8) is 0 Å². The number of benzene rings is 1. The number of nitrogens with zero attached hydrogens (tertiary/aromatic N) is 1. The van der Waals surface area contributed by atoms with Gasteiger partial charge in [-0.3, -0.25) is 16.3 Å². The molecule has 1 heterocycles. The van der Waals surface area contributed by atoms with Crippen LogP contribution in [0.2, 0.25) is 0 Å². The van der Waals surface area contributed by atoms with Gasteiger partial charge >= 0.3 is 0 Å². The predicted octanol–water partition coefficient (Wildman–Crippen LogP) is 1.90. The van der Waals surface area contributed by atoms with Crippen molar-refractivity contribution >= 4 is 11.3 Å². The number of rotatable bonds is 5. The van der Waals surface area contributed by atoms with Crippen molar-refractivity contribution in [2.75, 3.05) is 0 Å². The van der Waals surface area contributed by atoms with E-state index in [2.05, 4.69) is 10.4 Å². The van der Waals surface area contributed by atoms with Gasteiger partial charge in [0, 0.05) is 23.5 Å². The van der Waals surface area contributed by atoms with E-state index in [-0.39, 0.29) is 11.9 Å². The summed E-state index contributed by atoms with van der Waals surface area (Å²) in [6, 6.07) is 6.79. The molecule has 2 aromatic rings. The Balaban J connectivity index is 2.03. The Morgan fingerprint density at radius 3 is 2.82 bits per heavy atom. The van der Waals surface area contributed by atoms with Crippen molar-refractivity contribution in [3.05, 3.63) is 52.2 Å². The fourth-order valence-corrected chi connectivity index (χ4v) is 2.38. The molecule has 0 spiro atoms. The van der Waals surface area contributed by atoms with Crippen LogP contribution < -0.4 is 11.3 Å². The molecule has 1 aromatic heterocycles. The largest absolute Gasteiger partial charge is 0.271 e. The Hall–Kier alpha value is -1.30. The minimum Gasteiger partial charge on any atom is -0.271 e. The van der Waals surface area contributed by atoms with E-state index in [1.165, 1.54) is 6.07 Å². The van der Waals surface area contributed by atoms with Crippen molar-refractivity contribution in [3.8, 4) is 0 Å². The Kier molecular flexibility index (Phi) is 4.19. The minimum atomic E-state index is -0.183. The summed E-state index contributed by atoms with van der Waals surface area (Å²) < 4.78 is 13.5. The zero-order valence-corrected chi connectivity index (χ0v) is 10.1. The normalized spacial score (nSPS) is 12.6. The van der Waals surface area contributed by atoms with Gasteiger partial charge in [0.1, 0.15) is 5.82 Å². The van der Waals surface area contributed by atoms with Gasteiger partial charge in [-0.05, 0) is 18.1 Å². The van der Waals surface area contributed by atoms with Crippen molar-refractivity contribution in [2.45, 2.75) is 18.9 Å². The molecule has 1 atom stereocenters. The molecule has 3 N–H and O–H groups in total. The quantitative estimate of drug-likeness (QED) is 0.630. The standard InChI is InChI=1S/C12H14FN3S/c13-12-4-2-1-3-9(12)5-10(16-14)6-11-7-15-8-17-11/h1-4,7-8,10,16H,5-6,14H2. The molecule has 0 saturated carbocycles. The number of nitrogens with one attached hydrogen (secondary N) is 1. The summed E-state index contributed by atoms with van der Waals surface area (Å²) in [4.78, 5) is 5.15. The van der Waals surface area contributed by atoms with Gasteiger partial charge in [-0.15, -0.1) is 11.3 Å². The molecule has 5 heteroatoms. The molecule has 0 fully saturated rings. The van der Waals surface area contributed by atoms with E-state index in [1.807, 2.05) is 12.3 Å². The molecule has 0 aliphatic heterocycles. The molecule has 0 aliphatic carbocycles. The van der Waals surface area contributed by atoms with Gasteiger partial charge in [-0.2, -0.15) is 0 Å². The van der Waals surface area contributed by atoms with E-state index in [0.717, 1.165) is 11.3 Å². The maximum absolute atomic E-state index is 13.5. The Morgan fingerprint density at radius 2 is 2.18 bits per heavy atom. The van der Waals surface area contributed by atoms with Crippen LogP contribution in [0.1, 0.15) is 10.4 Å². The smallest absolute Gasteiger partial charge is 0.126 e. The summed E-state index contributed by atoms with van der Waals surface area (Å²) in [5.74, 6) is 5.32. The summed E-state index contributed by atoms with van der Waals surface area (Å²) in [6.07, 6.45) is 3.15. The predicted molar refractivity (Wildman–Crippen MR) is 67.0 cm³/mol. The number of halogens is 1. The fourth-order valence-electron chi connectivity index (χ4n) is 1.71. The average Bonchev–Trinajstić information content (AvgIpc) is 2.84. The first-order valence-corrected chi connectivity index (χ1v) is 6.24. The van der Waals surface area contributed by atoms with Gasteiger partial charge in [-0.25, -0.2) is 4.39 Å². The van der Waals surface area contributed by atoms with E-state index in [0.29, 0.717) is 12.0 Å². The maximum atomic E-state index is 13.5.